The van der Waals surface area contributed by atoms with Gasteiger partial charge in [0.05, 0.1) is 16.5 Å². The number of sulfonamides is 1. The Kier molecular flexibility index (Phi) is 3.99. The van der Waals surface area contributed by atoms with Crippen LogP contribution in [0.4, 0.5) is 0 Å². The van der Waals surface area contributed by atoms with E-state index in [9.17, 15) is 8.42 Å². The third-order valence-corrected chi connectivity index (χ3v) is 5.29. The molecule has 2 unspecified atom stereocenters. The summed E-state index contributed by atoms with van der Waals surface area (Å²) in [7, 11) is -1.88. The van der Waals surface area contributed by atoms with Crippen LogP contribution in [0.2, 0.25) is 0 Å². The summed E-state index contributed by atoms with van der Waals surface area (Å²) in [4.78, 5) is 0.253. The first-order valence-electron chi connectivity index (χ1n) is 5.77. The molecule has 0 heterocycles. The second-order valence-electron chi connectivity index (χ2n) is 4.62. The predicted molar refractivity (Wildman–Crippen MR) is 73.2 cm³/mol. The molecular formula is C12H16BrNO3S. The Bertz CT molecular complexity index is 544. The molecule has 4 nitrogen and oxygen atoms in total. The highest BCUT2D eigenvalue weighted by Gasteiger charge is 2.33. The van der Waals surface area contributed by atoms with Crippen LogP contribution >= 0.6 is 15.9 Å². The van der Waals surface area contributed by atoms with Crippen LogP contribution in [0.1, 0.15) is 13.3 Å². The van der Waals surface area contributed by atoms with Gasteiger partial charge < -0.3 is 4.74 Å². The van der Waals surface area contributed by atoms with Crippen LogP contribution in [0.3, 0.4) is 0 Å². The Hall–Kier alpha value is -0.590. The first kappa shape index (κ1) is 13.8. The van der Waals surface area contributed by atoms with Crippen LogP contribution in [0.5, 0.6) is 5.75 Å². The van der Waals surface area contributed by atoms with Gasteiger partial charge in [-0.15, -0.1) is 0 Å². The summed E-state index contributed by atoms with van der Waals surface area (Å²) in [6.45, 7) is 2.65. The number of nitrogens with one attached hydrogen (secondary N) is 1. The second kappa shape index (κ2) is 5.19. The summed E-state index contributed by atoms with van der Waals surface area (Å²) in [6.07, 6.45) is 1.11. The van der Waals surface area contributed by atoms with Crippen LogP contribution in [0.15, 0.2) is 27.6 Å². The first-order valence-corrected chi connectivity index (χ1v) is 8.05. The van der Waals surface area contributed by atoms with Gasteiger partial charge in [-0.1, -0.05) is 6.92 Å². The minimum Gasteiger partial charge on any atom is -0.496 e. The molecule has 0 saturated heterocycles. The Morgan fingerprint density at radius 1 is 1.50 bits per heavy atom. The summed E-state index contributed by atoms with van der Waals surface area (Å²) < 4.78 is 32.4. The maximum atomic E-state index is 12.1. The molecule has 0 spiro atoms. The number of ether oxygens (including phenoxy) is 1. The maximum absolute atomic E-state index is 12.1. The smallest absolute Gasteiger partial charge is 0.240 e. The van der Waals surface area contributed by atoms with Gasteiger partial charge >= 0.3 is 0 Å². The normalized spacial score (nSPS) is 22.8. The van der Waals surface area contributed by atoms with E-state index in [4.69, 9.17) is 4.74 Å². The molecule has 18 heavy (non-hydrogen) atoms. The summed E-state index contributed by atoms with van der Waals surface area (Å²) in [5.74, 6) is 1.74. The van der Waals surface area contributed by atoms with Crippen molar-refractivity contribution in [3.05, 3.63) is 22.7 Å². The minimum atomic E-state index is -3.42. The van der Waals surface area contributed by atoms with Crippen molar-refractivity contribution in [2.45, 2.75) is 18.2 Å². The molecule has 6 heteroatoms. The molecule has 2 atom stereocenters. The zero-order valence-electron chi connectivity index (χ0n) is 10.3. The molecule has 1 aromatic carbocycles. The van der Waals surface area contributed by atoms with Crippen molar-refractivity contribution in [2.75, 3.05) is 13.7 Å². The zero-order chi connectivity index (χ0) is 13.3. The number of rotatable bonds is 5. The van der Waals surface area contributed by atoms with Crippen LogP contribution in [-0.2, 0) is 10.0 Å². The van der Waals surface area contributed by atoms with Crippen molar-refractivity contribution >= 4 is 26.0 Å². The van der Waals surface area contributed by atoms with Crippen LogP contribution < -0.4 is 9.46 Å². The fraction of sp³-hybridized carbons (Fsp3) is 0.500. The van der Waals surface area contributed by atoms with E-state index in [1.807, 2.05) is 0 Å². The molecule has 1 saturated carbocycles. The zero-order valence-corrected chi connectivity index (χ0v) is 12.7. The standard InChI is InChI=1S/C12H16BrNO3S/c1-8-5-9(8)7-14-18(15,16)10-3-4-12(17-2)11(13)6-10/h3-4,6,8-9,14H,5,7H2,1-2H3. The van der Waals surface area contributed by atoms with Gasteiger partial charge in [0.15, 0.2) is 0 Å². The molecule has 1 fully saturated rings. The second-order valence-corrected chi connectivity index (χ2v) is 7.24. The van der Waals surface area contributed by atoms with Crippen LogP contribution in [0.25, 0.3) is 0 Å². The van der Waals surface area contributed by atoms with Gasteiger partial charge in [0.25, 0.3) is 0 Å². The maximum Gasteiger partial charge on any atom is 0.240 e. The lowest BCUT2D eigenvalue weighted by atomic mass is 10.3. The monoisotopic (exact) mass is 333 g/mol. The SMILES string of the molecule is COc1ccc(S(=O)(=O)NCC2CC2C)cc1Br. The largest absolute Gasteiger partial charge is 0.496 e. The van der Waals surface area contributed by atoms with Gasteiger partial charge in [-0.2, -0.15) is 0 Å². The number of benzene rings is 1. The van der Waals surface area contributed by atoms with Crippen molar-refractivity contribution in [3.8, 4) is 5.75 Å². The molecule has 0 aliphatic heterocycles. The fourth-order valence-electron chi connectivity index (χ4n) is 1.80. The molecule has 100 valence electrons. The number of hydrogen-bond acceptors (Lipinski definition) is 3. The lowest BCUT2D eigenvalue weighted by Crippen LogP contribution is -2.26. The molecule has 2 rings (SSSR count). The van der Waals surface area contributed by atoms with Crippen molar-refractivity contribution in [1.29, 1.82) is 0 Å². The lowest BCUT2D eigenvalue weighted by molar-refractivity contribution is 0.411. The number of methoxy groups -OCH3 is 1. The van der Waals surface area contributed by atoms with E-state index in [1.165, 1.54) is 0 Å². The topological polar surface area (TPSA) is 55.4 Å². The van der Waals surface area contributed by atoms with E-state index in [2.05, 4.69) is 27.6 Å². The van der Waals surface area contributed by atoms with Gasteiger partial charge in [-0.25, -0.2) is 13.1 Å². The highest BCUT2D eigenvalue weighted by molar-refractivity contribution is 9.10. The Morgan fingerprint density at radius 3 is 2.67 bits per heavy atom. The molecule has 1 N–H and O–H groups in total. The number of hydrogen-bond donors (Lipinski definition) is 1. The minimum absolute atomic E-state index is 0.253. The van der Waals surface area contributed by atoms with E-state index in [0.717, 1.165) is 6.42 Å². The molecule has 0 amide bonds. The quantitative estimate of drug-likeness (QED) is 0.900. The number of halogens is 1. The molecule has 1 aliphatic carbocycles. The van der Waals surface area contributed by atoms with Crippen molar-refractivity contribution in [3.63, 3.8) is 0 Å². The van der Waals surface area contributed by atoms with Gasteiger partial charge in [-0.05, 0) is 52.4 Å². The first-order chi connectivity index (χ1) is 8.44. The molecule has 0 radical (unpaired) electrons. The Labute approximate surface area is 116 Å². The molecule has 0 aromatic heterocycles. The van der Waals surface area contributed by atoms with Crippen molar-refractivity contribution in [2.24, 2.45) is 11.8 Å². The Balaban J connectivity index is 2.11. The van der Waals surface area contributed by atoms with E-state index < -0.39 is 10.0 Å². The summed E-state index contributed by atoms with van der Waals surface area (Å²) in [5, 5.41) is 0. The average Bonchev–Trinajstić information content (AvgIpc) is 3.03. The fourth-order valence-corrected chi connectivity index (χ4v) is 3.61. The predicted octanol–water partition coefficient (Wildman–Crippen LogP) is 2.39. The van der Waals surface area contributed by atoms with Crippen molar-refractivity contribution in [1.82, 2.24) is 4.72 Å². The summed E-state index contributed by atoms with van der Waals surface area (Å²) in [5.41, 5.74) is 0. The molecule has 1 aromatic rings. The van der Waals surface area contributed by atoms with Crippen LogP contribution in [-0.4, -0.2) is 22.1 Å². The van der Waals surface area contributed by atoms with E-state index >= 15 is 0 Å². The van der Waals surface area contributed by atoms with Gasteiger partial charge in [0.2, 0.25) is 10.0 Å². The van der Waals surface area contributed by atoms with Crippen LogP contribution in [0, 0.1) is 11.8 Å². The summed E-state index contributed by atoms with van der Waals surface area (Å²) in [6, 6.07) is 4.73. The van der Waals surface area contributed by atoms with E-state index in [0.29, 0.717) is 28.6 Å². The lowest BCUT2D eigenvalue weighted by Gasteiger charge is -2.08. The summed E-state index contributed by atoms with van der Waals surface area (Å²) >= 11 is 3.28. The van der Waals surface area contributed by atoms with E-state index in [1.54, 1.807) is 25.3 Å². The van der Waals surface area contributed by atoms with E-state index in [-0.39, 0.29) is 4.90 Å². The molecular weight excluding hydrogens is 318 g/mol. The third-order valence-electron chi connectivity index (χ3n) is 3.25. The third kappa shape index (κ3) is 3.05. The van der Waals surface area contributed by atoms with Gasteiger partial charge in [0.1, 0.15) is 5.75 Å². The van der Waals surface area contributed by atoms with Crippen molar-refractivity contribution < 1.29 is 13.2 Å². The highest BCUT2D eigenvalue weighted by atomic mass is 79.9. The molecule has 0 bridgehead atoms. The Morgan fingerprint density at radius 2 is 2.17 bits per heavy atom. The van der Waals surface area contributed by atoms with Gasteiger partial charge in [0, 0.05) is 6.54 Å². The van der Waals surface area contributed by atoms with Gasteiger partial charge in [-0.3, -0.25) is 0 Å². The molecule has 1 aliphatic rings. The average molecular weight is 334 g/mol. The highest BCUT2D eigenvalue weighted by Crippen LogP contribution is 2.37.